The van der Waals surface area contributed by atoms with Gasteiger partial charge in [-0.05, 0) is 42.6 Å². The molecule has 0 atom stereocenters. The van der Waals surface area contributed by atoms with Crippen molar-refractivity contribution in [2.75, 3.05) is 0 Å². The molecule has 1 saturated carbocycles. The van der Waals surface area contributed by atoms with E-state index in [1.807, 2.05) is 11.6 Å². The third-order valence-electron chi connectivity index (χ3n) is 3.36. The van der Waals surface area contributed by atoms with E-state index >= 15 is 0 Å². The maximum atomic E-state index is 12.0. The van der Waals surface area contributed by atoms with Gasteiger partial charge in [0.15, 0.2) is 0 Å². The molecule has 0 N–H and O–H groups in total. The summed E-state index contributed by atoms with van der Waals surface area (Å²) in [7, 11) is 0. The normalized spacial score (nSPS) is 16.2. The van der Waals surface area contributed by atoms with Crippen LogP contribution >= 0.6 is 15.9 Å². The van der Waals surface area contributed by atoms with Gasteiger partial charge in [-0.2, -0.15) is 5.10 Å². The van der Waals surface area contributed by atoms with Crippen molar-refractivity contribution in [2.45, 2.75) is 46.1 Å². The smallest absolute Gasteiger partial charge is 0.141 e. The molecule has 3 nitrogen and oxygen atoms in total. The molecule has 88 valence electrons. The number of nitrogens with zero attached hydrogens (tertiary/aromatic N) is 2. The molecule has 0 unspecified atom stereocenters. The molecule has 4 heteroatoms. The van der Waals surface area contributed by atoms with E-state index in [0.717, 1.165) is 35.2 Å². The fourth-order valence-corrected chi connectivity index (χ4v) is 2.50. The Morgan fingerprint density at radius 3 is 2.75 bits per heavy atom. The van der Waals surface area contributed by atoms with Crippen LogP contribution in [-0.4, -0.2) is 15.6 Å². The van der Waals surface area contributed by atoms with Crippen LogP contribution in [0.5, 0.6) is 0 Å². The summed E-state index contributed by atoms with van der Waals surface area (Å²) in [5.74, 6) is 0.689. The average Bonchev–Trinajstić information content (AvgIpc) is 2.43. The van der Waals surface area contributed by atoms with Gasteiger partial charge < -0.3 is 0 Å². The lowest BCUT2D eigenvalue weighted by atomic mass is 9.81. The molecule has 0 amide bonds. The van der Waals surface area contributed by atoms with Crippen molar-refractivity contribution in [3.63, 3.8) is 0 Å². The molecule has 16 heavy (non-hydrogen) atoms. The second kappa shape index (κ2) is 4.70. The molecule has 0 spiro atoms. The van der Waals surface area contributed by atoms with Crippen molar-refractivity contribution in [1.29, 1.82) is 0 Å². The van der Waals surface area contributed by atoms with E-state index in [1.165, 1.54) is 6.42 Å². The number of Topliss-reactive ketones (excluding diaryl/α,β-unsaturated/α-hetero) is 1. The number of aromatic nitrogens is 2. The zero-order chi connectivity index (χ0) is 11.7. The second-order valence-corrected chi connectivity index (χ2v) is 5.23. The zero-order valence-electron chi connectivity index (χ0n) is 9.79. The number of hydrogen-bond acceptors (Lipinski definition) is 2. The van der Waals surface area contributed by atoms with Crippen LogP contribution in [0.15, 0.2) is 4.47 Å². The molecule has 1 aromatic rings. The first-order valence-electron chi connectivity index (χ1n) is 5.88. The largest absolute Gasteiger partial charge is 0.299 e. The minimum absolute atomic E-state index is 0.312. The molecule has 0 bridgehead atoms. The molecule has 1 aliphatic carbocycles. The lowest BCUT2D eigenvalue weighted by Crippen LogP contribution is -2.24. The van der Waals surface area contributed by atoms with Gasteiger partial charge in [-0.25, -0.2) is 0 Å². The van der Waals surface area contributed by atoms with E-state index in [-0.39, 0.29) is 0 Å². The monoisotopic (exact) mass is 284 g/mol. The highest BCUT2D eigenvalue weighted by Gasteiger charge is 2.27. The lowest BCUT2D eigenvalue weighted by molar-refractivity contribution is -0.124. The summed E-state index contributed by atoms with van der Waals surface area (Å²) < 4.78 is 2.93. The van der Waals surface area contributed by atoms with Gasteiger partial charge in [0.05, 0.1) is 15.9 Å². The van der Waals surface area contributed by atoms with E-state index < -0.39 is 0 Å². The predicted molar refractivity (Wildman–Crippen MR) is 66.4 cm³/mol. The number of carbonyl (C=O) groups is 1. The van der Waals surface area contributed by atoms with Crippen LogP contribution in [0.3, 0.4) is 0 Å². The van der Waals surface area contributed by atoms with Crippen molar-refractivity contribution in [2.24, 2.45) is 5.92 Å². The van der Waals surface area contributed by atoms with Crippen molar-refractivity contribution in [3.8, 4) is 0 Å². The fraction of sp³-hybridized carbons (Fsp3) is 0.667. The fourth-order valence-electron chi connectivity index (χ4n) is 2.08. The average molecular weight is 285 g/mol. The molecule has 1 heterocycles. The van der Waals surface area contributed by atoms with Crippen LogP contribution < -0.4 is 0 Å². The van der Waals surface area contributed by atoms with E-state index in [1.54, 1.807) is 0 Å². The zero-order valence-corrected chi connectivity index (χ0v) is 11.4. The van der Waals surface area contributed by atoms with Crippen LogP contribution in [0, 0.1) is 12.8 Å². The van der Waals surface area contributed by atoms with E-state index in [4.69, 9.17) is 0 Å². The number of halogens is 1. The standard InChI is InChI=1S/C12H17BrN2O/c1-3-15-10(12(13)8(2)14-15)7-11(16)9-5-4-6-9/h9H,3-7H2,1-2H3. The maximum Gasteiger partial charge on any atom is 0.141 e. The van der Waals surface area contributed by atoms with Gasteiger partial charge in [-0.15, -0.1) is 0 Å². The molecule has 0 radical (unpaired) electrons. The first-order valence-corrected chi connectivity index (χ1v) is 6.67. The van der Waals surface area contributed by atoms with Gasteiger partial charge in [0.2, 0.25) is 0 Å². The van der Waals surface area contributed by atoms with Crippen LogP contribution in [0.25, 0.3) is 0 Å². The summed E-state index contributed by atoms with van der Waals surface area (Å²) in [5, 5.41) is 4.40. The van der Waals surface area contributed by atoms with Crippen LogP contribution in [0.1, 0.15) is 37.6 Å². The summed E-state index contributed by atoms with van der Waals surface area (Å²) >= 11 is 3.52. The van der Waals surface area contributed by atoms with Crippen molar-refractivity contribution < 1.29 is 4.79 Å². The number of hydrogen-bond donors (Lipinski definition) is 0. The molecule has 1 aromatic heterocycles. The second-order valence-electron chi connectivity index (χ2n) is 4.43. The molecule has 1 fully saturated rings. The van der Waals surface area contributed by atoms with Gasteiger partial charge in [-0.1, -0.05) is 6.42 Å². The molecule has 0 aromatic carbocycles. The third kappa shape index (κ3) is 2.08. The van der Waals surface area contributed by atoms with E-state index in [2.05, 4.69) is 28.0 Å². The van der Waals surface area contributed by atoms with E-state index in [9.17, 15) is 4.79 Å². The van der Waals surface area contributed by atoms with Gasteiger partial charge in [-0.3, -0.25) is 9.48 Å². The molecule has 1 aliphatic rings. The minimum Gasteiger partial charge on any atom is -0.299 e. The highest BCUT2D eigenvalue weighted by atomic mass is 79.9. The maximum absolute atomic E-state index is 12.0. The molecule has 2 rings (SSSR count). The first kappa shape index (κ1) is 11.8. The van der Waals surface area contributed by atoms with Crippen LogP contribution in [-0.2, 0) is 17.8 Å². The number of aryl methyl sites for hydroxylation is 2. The predicted octanol–water partition coefficient (Wildman–Crippen LogP) is 2.89. The van der Waals surface area contributed by atoms with Crippen molar-refractivity contribution in [1.82, 2.24) is 9.78 Å². The first-order chi connectivity index (χ1) is 7.63. The lowest BCUT2D eigenvalue weighted by Gasteiger charge is -2.23. The van der Waals surface area contributed by atoms with Gasteiger partial charge >= 0.3 is 0 Å². The topological polar surface area (TPSA) is 34.9 Å². The summed E-state index contributed by atoms with van der Waals surface area (Å²) in [6.45, 7) is 4.84. The Morgan fingerprint density at radius 1 is 1.56 bits per heavy atom. The Balaban J connectivity index is 2.16. The highest BCUT2D eigenvalue weighted by Crippen LogP contribution is 2.30. The minimum atomic E-state index is 0.312. The Bertz CT molecular complexity index is 407. The Kier molecular flexibility index (Phi) is 3.47. The summed E-state index contributed by atoms with van der Waals surface area (Å²) in [5.41, 5.74) is 2.01. The number of carbonyl (C=O) groups excluding carboxylic acids is 1. The van der Waals surface area contributed by atoms with E-state index in [0.29, 0.717) is 18.1 Å². The molecule has 0 aliphatic heterocycles. The van der Waals surface area contributed by atoms with Crippen LogP contribution in [0.2, 0.25) is 0 Å². The SMILES string of the molecule is CCn1nc(C)c(Br)c1CC(=O)C1CCC1. The Hall–Kier alpha value is -0.640. The Morgan fingerprint density at radius 2 is 2.25 bits per heavy atom. The van der Waals surface area contributed by atoms with Crippen molar-refractivity contribution in [3.05, 3.63) is 15.9 Å². The third-order valence-corrected chi connectivity index (χ3v) is 4.39. The summed E-state index contributed by atoms with van der Waals surface area (Å²) in [4.78, 5) is 12.0. The van der Waals surface area contributed by atoms with Crippen molar-refractivity contribution >= 4 is 21.7 Å². The summed E-state index contributed by atoms with van der Waals surface area (Å²) in [6, 6.07) is 0. The molecular formula is C12H17BrN2O. The Labute approximate surface area is 104 Å². The van der Waals surface area contributed by atoms with Crippen LogP contribution in [0.4, 0.5) is 0 Å². The van der Waals surface area contributed by atoms with Gasteiger partial charge in [0, 0.05) is 18.9 Å². The quantitative estimate of drug-likeness (QED) is 0.852. The molecule has 0 saturated heterocycles. The number of rotatable bonds is 4. The molecular weight excluding hydrogens is 268 g/mol. The number of ketones is 1. The van der Waals surface area contributed by atoms with Gasteiger partial charge in [0.1, 0.15) is 5.78 Å². The van der Waals surface area contributed by atoms with Gasteiger partial charge in [0.25, 0.3) is 0 Å². The highest BCUT2D eigenvalue weighted by molar-refractivity contribution is 9.10. The summed E-state index contributed by atoms with van der Waals surface area (Å²) in [6.07, 6.45) is 3.90.